The van der Waals surface area contributed by atoms with E-state index in [0.29, 0.717) is 6.10 Å². The fraction of sp³-hybridized carbons (Fsp3) is 1.00. The highest BCUT2D eigenvalue weighted by molar-refractivity contribution is 4.82. The van der Waals surface area contributed by atoms with Gasteiger partial charge in [-0.25, -0.2) is 0 Å². The Labute approximate surface area is 55.1 Å². The van der Waals surface area contributed by atoms with Crippen molar-refractivity contribution in [2.24, 2.45) is 5.92 Å². The Balaban J connectivity index is 1.90. The van der Waals surface area contributed by atoms with Gasteiger partial charge in [0.1, 0.15) is 0 Å². The zero-order valence-corrected chi connectivity index (χ0v) is 5.51. The monoisotopic (exact) mass is 128 g/mol. The van der Waals surface area contributed by atoms with Crippen LogP contribution in [0, 0.1) is 5.92 Å². The first-order valence-electron chi connectivity index (χ1n) is 3.66. The van der Waals surface area contributed by atoms with Gasteiger partial charge in [0.05, 0.1) is 25.9 Å². The molecule has 2 aliphatic rings. The molecule has 2 nitrogen and oxygen atoms in total. The maximum Gasteiger partial charge on any atom is 0.0704 e. The van der Waals surface area contributed by atoms with Gasteiger partial charge in [0.15, 0.2) is 0 Å². The van der Waals surface area contributed by atoms with Crippen LogP contribution in [-0.4, -0.2) is 25.9 Å². The predicted octanol–water partition coefficient (Wildman–Crippen LogP) is 0.812. The second kappa shape index (κ2) is 2.27. The van der Waals surface area contributed by atoms with Crippen molar-refractivity contribution in [3.8, 4) is 0 Å². The molecule has 0 aromatic carbocycles. The van der Waals surface area contributed by atoms with Crippen LogP contribution in [0.5, 0.6) is 0 Å². The van der Waals surface area contributed by atoms with Crippen molar-refractivity contribution in [1.82, 2.24) is 0 Å². The van der Waals surface area contributed by atoms with Crippen LogP contribution in [0.15, 0.2) is 0 Å². The minimum Gasteiger partial charge on any atom is -0.379 e. The predicted molar refractivity (Wildman–Crippen MR) is 33.3 cm³/mol. The molecule has 0 aromatic heterocycles. The number of hydrogen-bond donors (Lipinski definition) is 0. The standard InChI is InChI=1S/C7H12O2/c1-2-7-6(1)5-8-3-4-9-7/h6-7H,1-5H2. The van der Waals surface area contributed by atoms with Crippen LogP contribution in [0.25, 0.3) is 0 Å². The van der Waals surface area contributed by atoms with Crippen molar-refractivity contribution >= 4 is 0 Å². The molecule has 1 aliphatic heterocycles. The van der Waals surface area contributed by atoms with E-state index in [0.717, 1.165) is 25.7 Å². The van der Waals surface area contributed by atoms with Gasteiger partial charge in [-0.15, -0.1) is 0 Å². The summed E-state index contributed by atoms with van der Waals surface area (Å²) in [7, 11) is 0. The van der Waals surface area contributed by atoms with E-state index in [4.69, 9.17) is 9.47 Å². The molecule has 2 unspecified atom stereocenters. The van der Waals surface area contributed by atoms with Gasteiger partial charge in [0, 0.05) is 5.92 Å². The molecule has 0 radical (unpaired) electrons. The maximum absolute atomic E-state index is 5.48. The molecule has 1 saturated carbocycles. The van der Waals surface area contributed by atoms with Gasteiger partial charge in [-0.05, 0) is 12.8 Å². The van der Waals surface area contributed by atoms with Crippen LogP contribution in [0.1, 0.15) is 12.8 Å². The smallest absolute Gasteiger partial charge is 0.0704 e. The molecule has 2 heteroatoms. The number of rotatable bonds is 0. The van der Waals surface area contributed by atoms with Crippen molar-refractivity contribution < 1.29 is 9.47 Å². The molecule has 0 N–H and O–H groups in total. The SMILES string of the molecule is C1COC2CCC2CO1. The average molecular weight is 128 g/mol. The van der Waals surface area contributed by atoms with Gasteiger partial charge in [-0.2, -0.15) is 0 Å². The molecule has 1 saturated heterocycles. The summed E-state index contributed by atoms with van der Waals surface area (Å²) >= 11 is 0. The van der Waals surface area contributed by atoms with Crippen molar-refractivity contribution in [3.63, 3.8) is 0 Å². The molecule has 1 heterocycles. The summed E-state index contributed by atoms with van der Waals surface area (Å²) in [6.07, 6.45) is 3.12. The minimum absolute atomic E-state index is 0.549. The molecular weight excluding hydrogens is 116 g/mol. The van der Waals surface area contributed by atoms with Gasteiger partial charge < -0.3 is 9.47 Å². The largest absolute Gasteiger partial charge is 0.379 e. The van der Waals surface area contributed by atoms with Crippen molar-refractivity contribution in [1.29, 1.82) is 0 Å². The zero-order chi connectivity index (χ0) is 6.10. The van der Waals surface area contributed by atoms with E-state index in [-0.39, 0.29) is 0 Å². The Bertz CT molecular complexity index is 91.1. The zero-order valence-electron chi connectivity index (χ0n) is 5.51. The molecular formula is C7H12O2. The summed E-state index contributed by atoms with van der Waals surface area (Å²) in [6.45, 7) is 2.54. The molecule has 0 spiro atoms. The summed E-state index contributed by atoms with van der Waals surface area (Å²) in [5, 5.41) is 0. The second-order valence-corrected chi connectivity index (χ2v) is 2.82. The summed E-state index contributed by atoms with van der Waals surface area (Å²) in [5.74, 6) is 0.729. The molecule has 0 amide bonds. The van der Waals surface area contributed by atoms with E-state index >= 15 is 0 Å². The summed E-state index contributed by atoms with van der Waals surface area (Å²) < 4.78 is 10.8. The van der Waals surface area contributed by atoms with Gasteiger partial charge in [0.25, 0.3) is 0 Å². The van der Waals surface area contributed by atoms with Crippen LogP contribution in [-0.2, 0) is 9.47 Å². The van der Waals surface area contributed by atoms with Crippen LogP contribution >= 0.6 is 0 Å². The van der Waals surface area contributed by atoms with Crippen LogP contribution in [0.4, 0.5) is 0 Å². The Morgan fingerprint density at radius 1 is 1.11 bits per heavy atom. The highest BCUT2D eigenvalue weighted by Crippen LogP contribution is 2.31. The number of fused-ring (bicyclic) bond motifs is 1. The van der Waals surface area contributed by atoms with E-state index in [2.05, 4.69) is 0 Å². The lowest BCUT2D eigenvalue weighted by atomic mass is 9.83. The average Bonchev–Trinajstić information content (AvgIpc) is 1.94. The van der Waals surface area contributed by atoms with E-state index in [9.17, 15) is 0 Å². The summed E-state index contributed by atoms with van der Waals surface area (Å²) in [5.41, 5.74) is 0. The molecule has 0 aromatic rings. The third-order valence-electron chi connectivity index (χ3n) is 2.24. The quantitative estimate of drug-likeness (QED) is 0.480. The summed E-state index contributed by atoms with van der Waals surface area (Å²) in [4.78, 5) is 0. The third-order valence-corrected chi connectivity index (χ3v) is 2.24. The van der Waals surface area contributed by atoms with Crippen molar-refractivity contribution in [3.05, 3.63) is 0 Å². The van der Waals surface area contributed by atoms with E-state index in [1.807, 2.05) is 0 Å². The van der Waals surface area contributed by atoms with Gasteiger partial charge in [-0.1, -0.05) is 0 Å². The fourth-order valence-electron chi connectivity index (χ4n) is 1.44. The highest BCUT2D eigenvalue weighted by Gasteiger charge is 2.32. The first kappa shape index (κ1) is 5.69. The topological polar surface area (TPSA) is 18.5 Å². The van der Waals surface area contributed by atoms with Crippen molar-refractivity contribution in [2.75, 3.05) is 19.8 Å². The van der Waals surface area contributed by atoms with Crippen LogP contribution in [0.3, 0.4) is 0 Å². The molecule has 0 bridgehead atoms. The molecule has 2 rings (SSSR count). The summed E-state index contributed by atoms with van der Waals surface area (Å²) in [6, 6.07) is 0. The molecule has 2 atom stereocenters. The van der Waals surface area contributed by atoms with E-state index in [1.54, 1.807) is 0 Å². The Hall–Kier alpha value is -0.0800. The second-order valence-electron chi connectivity index (χ2n) is 2.82. The molecule has 1 aliphatic carbocycles. The highest BCUT2D eigenvalue weighted by atomic mass is 16.5. The lowest BCUT2D eigenvalue weighted by Crippen LogP contribution is -2.34. The Morgan fingerprint density at radius 2 is 2.11 bits per heavy atom. The fourth-order valence-corrected chi connectivity index (χ4v) is 1.44. The van der Waals surface area contributed by atoms with Gasteiger partial charge in [0.2, 0.25) is 0 Å². The third kappa shape index (κ3) is 0.970. The number of hydrogen-bond acceptors (Lipinski definition) is 2. The first-order valence-corrected chi connectivity index (χ1v) is 3.66. The normalized spacial score (nSPS) is 42.7. The molecule has 2 fully saturated rings. The maximum atomic E-state index is 5.48. The lowest BCUT2D eigenvalue weighted by molar-refractivity contribution is -0.0286. The Kier molecular flexibility index (Phi) is 1.44. The Morgan fingerprint density at radius 3 is 2.89 bits per heavy atom. The van der Waals surface area contributed by atoms with Crippen LogP contribution < -0.4 is 0 Å². The molecule has 52 valence electrons. The van der Waals surface area contributed by atoms with E-state index < -0.39 is 0 Å². The molecule has 9 heavy (non-hydrogen) atoms. The van der Waals surface area contributed by atoms with Crippen molar-refractivity contribution in [2.45, 2.75) is 18.9 Å². The van der Waals surface area contributed by atoms with Gasteiger partial charge in [-0.3, -0.25) is 0 Å². The number of ether oxygens (including phenoxy) is 2. The van der Waals surface area contributed by atoms with Gasteiger partial charge >= 0.3 is 0 Å². The first-order chi connectivity index (χ1) is 4.47. The van der Waals surface area contributed by atoms with Crippen LogP contribution in [0.2, 0.25) is 0 Å². The lowest BCUT2D eigenvalue weighted by Gasteiger charge is -2.33. The minimum atomic E-state index is 0.549. The van der Waals surface area contributed by atoms with E-state index in [1.165, 1.54) is 12.8 Å².